The van der Waals surface area contributed by atoms with Crippen LogP contribution in [0.3, 0.4) is 0 Å². The van der Waals surface area contributed by atoms with Gasteiger partial charge in [-0.05, 0) is 17.7 Å². The number of halogens is 1. The Morgan fingerprint density at radius 1 is 1.04 bits per heavy atom. The third kappa shape index (κ3) is 4.40. The van der Waals surface area contributed by atoms with Crippen LogP contribution in [-0.4, -0.2) is 22.1 Å². The summed E-state index contributed by atoms with van der Waals surface area (Å²) in [6, 6.07) is 9.40. The van der Waals surface area contributed by atoms with Gasteiger partial charge in [-0.25, -0.2) is 15.0 Å². The number of hydrogen-bond acceptors (Lipinski definition) is 6. The zero-order valence-electron chi connectivity index (χ0n) is 15.0. The summed E-state index contributed by atoms with van der Waals surface area (Å²) < 4.78 is 5.31. The molecule has 0 radical (unpaired) electrons. The smallest absolute Gasteiger partial charge is 0.187 e. The maximum absolute atomic E-state index is 6.22. The van der Waals surface area contributed by atoms with Crippen LogP contribution in [0.2, 0.25) is 5.02 Å². The van der Waals surface area contributed by atoms with Crippen LogP contribution in [0.5, 0.6) is 5.75 Å². The van der Waals surface area contributed by atoms with E-state index < -0.39 is 0 Å². The lowest BCUT2D eigenvalue weighted by Crippen LogP contribution is -2.00. The maximum atomic E-state index is 6.22. The lowest BCUT2D eigenvalue weighted by atomic mass is 10.0. The van der Waals surface area contributed by atoms with Crippen LogP contribution in [0.15, 0.2) is 42.9 Å². The summed E-state index contributed by atoms with van der Waals surface area (Å²) in [6.45, 7) is 4.25. The van der Waals surface area contributed by atoms with E-state index in [-0.39, 0.29) is 5.82 Å². The summed E-state index contributed by atoms with van der Waals surface area (Å²) in [5, 5.41) is 0.519. The molecule has 3 aromatic rings. The van der Waals surface area contributed by atoms with E-state index >= 15 is 0 Å². The normalized spacial score (nSPS) is 10.0. The third-order valence-corrected chi connectivity index (χ3v) is 3.66. The van der Waals surface area contributed by atoms with Gasteiger partial charge in [0.05, 0.1) is 12.1 Å². The standard InChI is InChI=1S/C16H14ClN5O.C3H8/c1-23-15-14(21-8-22-16(15)19)10-4-2-3-9(5-10)11-6-13(18)20-7-12(11)17;1-3-2/h2-8H,1H3,(H2,18,20)(H2,19,21,22);3H2,1-2H3. The average Bonchev–Trinajstić information content (AvgIpc) is 2.64. The minimum atomic E-state index is 0.286. The molecule has 0 aliphatic heterocycles. The number of nitrogens with zero attached hydrogens (tertiary/aromatic N) is 3. The van der Waals surface area contributed by atoms with Crippen LogP contribution >= 0.6 is 11.6 Å². The quantitative estimate of drug-likeness (QED) is 0.705. The van der Waals surface area contributed by atoms with Crippen LogP contribution in [0.1, 0.15) is 20.3 Å². The molecule has 7 heteroatoms. The van der Waals surface area contributed by atoms with Gasteiger partial charge >= 0.3 is 0 Å². The van der Waals surface area contributed by atoms with Crippen molar-refractivity contribution in [1.29, 1.82) is 0 Å². The zero-order chi connectivity index (χ0) is 19.1. The Morgan fingerprint density at radius 2 is 1.73 bits per heavy atom. The summed E-state index contributed by atoms with van der Waals surface area (Å²) in [6.07, 6.45) is 4.18. The molecule has 0 bridgehead atoms. The minimum Gasteiger partial charge on any atom is -0.491 e. The fraction of sp³-hybridized carbons (Fsp3) is 0.211. The Kier molecular flexibility index (Phi) is 6.74. The van der Waals surface area contributed by atoms with Gasteiger partial charge in [-0.1, -0.05) is 50.1 Å². The van der Waals surface area contributed by atoms with Crippen LogP contribution in [-0.2, 0) is 0 Å². The van der Waals surface area contributed by atoms with E-state index in [2.05, 4.69) is 28.8 Å². The highest BCUT2D eigenvalue weighted by atomic mass is 35.5. The first kappa shape index (κ1) is 19.5. The second-order valence-electron chi connectivity index (χ2n) is 5.52. The van der Waals surface area contributed by atoms with Gasteiger partial charge in [-0.15, -0.1) is 0 Å². The highest BCUT2D eigenvalue weighted by Gasteiger charge is 2.13. The molecule has 0 amide bonds. The number of aromatic nitrogens is 3. The van der Waals surface area contributed by atoms with Crippen molar-refractivity contribution in [1.82, 2.24) is 15.0 Å². The largest absolute Gasteiger partial charge is 0.491 e. The van der Waals surface area contributed by atoms with E-state index in [9.17, 15) is 0 Å². The molecule has 2 heterocycles. The molecule has 0 aliphatic rings. The minimum absolute atomic E-state index is 0.286. The van der Waals surface area contributed by atoms with Gasteiger partial charge < -0.3 is 16.2 Å². The van der Waals surface area contributed by atoms with Crippen molar-refractivity contribution in [2.24, 2.45) is 0 Å². The van der Waals surface area contributed by atoms with E-state index in [0.717, 1.165) is 16.7 Å². The summed E-state index contributed by atoms with van der Waals surface area (Å²) in [5.74, 6) is 1.12. The van der Waals surface area contributed by atoms with Gasteiger partial charge in [0.15, 0.2) is 11.6 Å². The summed E-state index contributed by atoms with van der Waals surface area (Å²) in [5.41, 5.74) is 14.7. The summed E-state index contributed by atoms with van der Waals surface area (Å²) >= 11 is 6.22. The monoisotopic (exact) mass is 371 g/mol. The molecule has 3 rings (SSSR count). The van der Waals surface area contributed by atoms with Gasteiger partial charge in [0, 0.05) is 17.3 Å². The van der Waals surface area contributed by atoms with Crippen molar-refractivity contribution in [3.05, 3.63) is 47.9 Å². The van der Waals surface area contributed by atoms with Crippen molar-refractivity contribution in [3.8, 4) is 28.1 Å². The fourth-order valence-corrected chi connectivity index (χ4v) is 2.52. The highest BCUT2D eigenvalue weighted by Crippen LogP contribution is 2.35. The number of nitrogens with two attached hydrogens (primary N) is 2. The molecule has 0 spiro atoms. The molecule has 4 N–H and O–H groups in total. The number of benzene rings is 1. The number of ether oxygens (including phenoxy) is 1. The maximum Gasteiger partial charge on any atom is 0.187 e. The first-order chi connectivity index (χ1) is 12.5. The molecule has 6 nitrogen and oxygen atoms in total. The van der Waals surface area contributed by atoms with Crippen molar-refractivity contribution in [2.45, 2.75) is 20.3 Å². The van der Waals surface area contributed by atoms with E-state index in [1.165, 1.54) is 26.1 Å². The lowest BCUT2D eigenvalue weighted by Gasteiger charge is -2.11. The Labute approximate surface area is 158 Å². The highest BCUT2D eigenvalue weighted by molar-refractivity contribution is 6.33. The molecular formula is C19H22ClN5O. The fourth-order valence-electron chi connectivity index (χ4n) is 2.30. The van der Waals surface area contributed by atoms with Gasteiger partial charge in [0.2, 0.25) is 0 Å². The number of methoxy groups -OCH3 is 1. The summed E-state index contributed by atoms with van der Waals surface area (Å²) in [7, 11) is 1.53. The molecular weight excluding hydrogens is 350 g/mol. The number of rotatable bonds is 3. The van der Waals surface area contributed by atoms with Gasteiger partial charge in [-0.3, -0.25) is 0 Å². The third-order valence-electron chi connectivity index (χ3n) is 3.36. The van der Waals surface area contributed by atoms with Crippen molar-refractivity contribution in [3.63, 3.8) is 0 Å². The molecule has 0 saturated carbocycles. The Hall–Kier alpha value is -2.86. The van der Waals surface area contributed by atoms with Gasteiger partial charge in [-0.2, -0.15) is 0 Å². The number of pyridine rings is 1. The molecule has 136 valence electrons. The van der Waals surface area contributed by atoms with E-state index in [1.54, 1.807) is 6.07 Å². The molecule has 1 aromatic carbocycles. The van der Waals surface area contributed by atoms with E-state index in [0.29, 0.717) is 22.3 Å². The molecule has 0 fully saturated rings. The van der Waals surface area contributed by atoms with Crippen molar-refractivity contribution < 1.29 is 4.74 Å². The SMILES string of the molecule is CCC.COc1c(N)ncnc1-c1cccc(-c2cc(N)ncc2Cl)c1. The van der Waals surface area contributed by atoms with Crippen molar-refractivity contribution >= 4 is 23.2 Å². The van der Waals surface area contributed by atoms with Crippen LogP contribution in [0.4, 0.5) is 11.6 Å². The Morgan fingerprint density at radius 3 is 2.42 bits per heavy atom. The van der Waals surface area contributed by atoms with Crippen LogP contribution < -0.4 is 16.2 Å². The van der Waals surface area contributed by atoms with Crippen LogP contribution in [0.25, 0.3) is 22.4 Å². The van der Waals surface area contributed by atoms with Gasteiger partial charge in [0.25, 0.3) is 0 Å². The topological polar surface area (TPSA) is 99.9 Å². The van der Waals surface area contributed by atoms with Gasteiger partial charge in [0.1, 0.15) is 17.8 Å². The second kappa shape index (κ2) is 9.01. The zero-order valence-corrected chi connectivity index (χ0v) is 15.8. The molecule has 2 aromatic heterocycles. The van der Waals surface area contributed by atoms with Crippen molar-refractivity contribution in [2.75, 3.05) is 18.6 Å². The first-order valence-electron chi connectivity index (χ1n) is 8.18. The Balaban J connectivity index is 0.000000758. The molecule has 0 aliphatic carbocycles. The molecule has 26 heavy (non-hydrogen) atoms. The number of nitrogen functional groups attached to an aromatic ring is 2. The predicted octanol–water partition coefficient (Wildman–Crippen LogP) is 4.45. The lowest BCUT2D eigenvalue weighted by molar-refractivity contribution is 0.415. The summed E-state index contributed by atoms with van der Waals surface area (Å²) in [4.78, 5) is 12.2. The molecule has 0 saturated heterocycles. The Bertz CT molecular complexity index is 886. The molecule has 0 atom stereocenters. The average molecular weight is 372 g/mol. The van der Waals surface area contributed by atoms with Crippen LogP contribution in [0, 0.1) is 0 Å². The predicted molar refractivity (Wildman–Crippen MR) is 107 cm³/mol. The number of hydrogen-bond donors (Lipinski definition) is 2. The first-order valence-corrected chi connectivity index (χ1v) is 8.55. The second-order valence-corrected chi connectivity index (χ2v) is 5.92. The number of anilines is 2. The van der Waals surface area contributed by atoms with E-state index in [4.69, 9.17) is 27.8 Å². The molecule has 0 unspecified atom stereocenters. The van der Waals surface area contributed by atoms with E-state index in [1.807, 2.05) is 24.3 Å².